The minimum atomic E-state index is -0.235. The average molecular weight is 267 g/mol. The highest BCUT2D eigenvalue weighted by Gasteiger charge is 2.04. The van der Waals surface area contributed by atoms with Crippen molar-refractivity contribution in [3.8, 4) is 0 Å². The molecular formula is C14H25N3O2. The summed E-state index contributed by atoms with van der Waals surface area (Å²) in [6.07, 6.45) is 8.02. The van der Waals surface area contributed by atoms with Gasteiger partial charge in [-0.1, -0.05) is 32.6 Å². The van der Waals surface area contributed by atoms with Gasteiger partial charge < -0.3 is 10.3 Å². The van der Waals surface area contributed by atoms with Crippen molar-refractivity contribution in [2.24, 2.45) is 5.73 Å². The monoisotopic (exact) mass is 267 g/mol. The molecule has 0 aromatic carbocycles. The number of hydrogen-bond donors (Lipinski definition) is 1. The highest BCUT2D eigenvalue weighted by atomic mass is 16.2. The first-order valence-electron chi connectivity index (χ1n) is 7.21. The predicted octanol–water partition coefficient (Wildman–Crippen LogP) is 1.33. The van der Waals surface area contributed by atoms with Crippen LogP contribution in [0, 0.1) is 0 Å². The first kappa shape index (κ1) is 15.7. The van der Waals surface area contributed by atoms with Crippen LogP contribution < -0.4 is 17.0 Å². The molecule has 0 atom stereocenters. The Balaban J connectivity index is 2.64. The maximum Gasteiger partial charge on any atom is 0.330 e. The van der Waals surface area contributed by atoms with E-state index in [9.17, 15) is 9.59 Å². The van der Waals surface area contributed by atoms with Crippen molar-refractivity contribution in [2.75, 3.05) is 6.54 Å². The van der Waals surface area contributed by atoms with Crippen molar-refractivity contribution in [3.05, 3.63) is 33.1 Å². The second-order valence-corrected chi connectivity index (χ2v) is 4.84. The SMILES string of the molecule is CCCCCCCn1ccc(=O)n(CCCN)c1=O. The van der Waals surface area contributed by atoms with Gasteiger partial charge >= 0.3 is 5.69 Å². The lowest BCUT2D eigenvalue weighted by molar-refractivity contribution is 0.506. The highest BCUT2D eigenvalue weighted by Crippen LogP contribution is 2.02. The fraction of sp³-hybridized carbons (Fsp3) is 0.714. The van der Waals surface area contributed by atoms with E-state index in [0.717, 1.165) is 12.8 Å². The van der Waals surface area contributed by atoms with E-state index in [-0.39, 0.29) is 11.2 Å². The number of nitrogens with two attached hydrogens (primary N) is 1. The molecule has 0 aliphatic carbocycles. The number of rotatable bonds is 9. The van der Waals surface area contributed by atoms with Crippen molar-refractivity contribution in [1.29, 1.82) is 0 Å². The van der Waals surface area contributed by atoms with Gasteiger partial charge in [-0.2, -0.15) is 0 Å². The summed E-state index contributed by atoms with van der Waals surface area (Å²) in [7, 11) is 0. The summed E-state index contributed by atoms with van der Waals surface area (Å²) in [5, 5.41) is 0. The van der Waals surface area contributed by atoms with E-state index < -0.39 is 0 Å². The molecule has 0 unspecified atom stereocenters. The fourth-order valence-electron chi connectivity index (χ4n) is 2.07. The molecule has 1 aromatic rings. The summed E-state index contributed by atoms with van der Waals surface area (Å²) in [5.74, 6) is 0. The molecule has 0 bridgehead atoms. The Bertz CT molecular complexity index is 476. The third kappa shape index (κ3) is 5.03. The molecule has 2 N–H and O–H groups in total. The smallest absolute Gasteiger partial charge is 0.330 e. The number of nitrogens with zero attached hydrogens (tertiary/aromatic N) is 2. The van der Waals surface area contributed by atoms with Crippen molar-refractivity contribution in [3.63, 3.8) is 0 Å². The Morgan fingerprint density at radius 3 is 2.47 bits per heavy atom. The lowest BCUT2D eigenvalue weighted by atomic mass is 10.1. The molecule has 0 saturated carbocycles. The molecule has 19 heavy (non-hydrogen) atoms. The minimum absolute atomic E-state index is 0.212. The van der Waals surface area contributed by atoms with Crippen LogP contribution in [0.2, 0.25) is 0 Å². The molecule has 0 aliphatic heterocycles. The summed E-state index contributed by atoms with van der Waals surface area (Å²) >= 11 is 0. The van der Waals surface area contributed by atoms with Gasteiger partial charge in [0.1, 0.15) is 0 Å². The number of unbranched alkanes of at least 4 members (excludes halogenated alkanes) is 4. The summed E-state index contributed by atoms with van der Waals surface area (Å²) < 4.78 is 2.91. The van der Waals surface area contributed by atoms with Gasteiger partial charge in [-0.3, -0.25) is 9.36 Å². The topological polar surface area (TPSA) is 70.0 Å². The molecular weight excluding hydrogens is 242 g/mol. The van der Waals surface area contributed by atoms with E-state index in [2.05, 4.69) is 6.92 Å². The van der Waals surface area contributed by atoms with Gasteiger partial charge in [0.2, 0.25) is 0 Å². The molecule has 1 heterocycles. The third-order valence-corrected chi connectivity index (χ3v) is 3.23. The van der Waals surface area contributed by atoms with Gasteiger partial charge in [0.25, 0.3) is 5.56 Å². The first-order chi connectivity index (χ1) is 9.20. The van der Waals surface area contributed by atoms with Crippen molar-refractivity contribution in [1.82, 2.24) is 9.13 Å². The van der Waals surface area contributed by atoms with Crippen LogP contribution in [0.5, 0.6) is 0 Å². The van der Waals surface area contributed by atoms with Crippen LogP contribution in [-0.4, -0.2) is 15.7 Å². The molecule has 0 aliphatic rings. The zero-order chi connectivity index (χ0) is 14.1. The molecule has 1 rings (SSSR count). The van der Waals surface area contributed by atoms with Crippen LogP contribution in [-0.2, 0) is 13.1 Å². The van der Waals surface area contributed by atoms with Crippen molar-refractivity contribution in [2.45, 2.75) is 58.5 Å². The van der Waals surface area contributed by atoms with Crippen molar-refractivity contribution < 1.29 is 0 Å². The van der Waals surface area contributed by atoms with Crippen LogP contribution in [0.15, 0.2) is 21.9 Å². The maximum absolute atomic E-state index is 12.1. The normalized spacial score (nSPS) is 10.8. The number of hydrogen-bond acceptors (Lipinski definition) is 3. The molecule has 0 radical (unpaired) electrons. The maximum atomic E-state index is 12.1. The van der Waals surface area contributed by atoms with Gasteiger partial charge in [0.15, 0.2) is 0 Å². The highest BCUT2D eigenvalue weighted by molar-refractivity contribution is 4.86. The van der Waals surface area contributed by atoms with Crippen molar-refractivity contribution >= 4 is 0 Å². The van der Waals surface area contributed by atoms with Crippen LogP contribution >= 0.6 is 0 Å². The first-order valence-corrected chi connectivity index (χ1v) is 7.21. The molecule has 0 spiro atoms. The lowest BCUT2D eigenvalue weighted by Gasteiger charge is -2.09. The van der Waals surface area contributed by atoms with Gasteiger partial charge in [0.05, 0.1) is 0 Å². The largest absolute Gasteiger partial charge is 0.330 e. The summed E-state index contributed by atoms with van der Waals surface area (Å²) in [6.45, 7) is 3.76. The lowest BCUT2D eigenvalue weighted by Crippen LogP contribution is -2.39. The molecule has 5 heteroatoms. The third-order valence-electron chi connectivity index (χ3n) is 3.23. The van der Waals surface area contributed by atoms with E-state index in [4.69, 9.17) is 5.73 Å². The van der Waals surface area contributed by atoms with Crippen LogP contribution in [0.1, 0.15) is 45.4 Å². The second kappa shape index (κ2) is 8.69. The Labute approximate surface area is 114 Å². The average Bonchev–Trinajstić information content (AvgIpc) is 2.41. The molecule has 0 saturated heterocycles. The Morgan fingerprint density at radius 2 is 1.79 bits per heavy atom. The number of aromatic nitrogens is 2. The fourth-order valence-corrected chi connectivity index (χ4v) is 2.07. The minimum Gasteiger partial charge on any atom is -0.330 e. The summed E-state index contributed by atoms with van der Waals surface area (Å²) in [6, 6.07) is 1.46. The molecule has 5 nitrogen and oxygen atoms in total. The Kier molecular flexibility index (Phi) is 7.18. The summed E-state index contributed by atoms with van der Waals surface area (Å²) in [5.41, 5.74) is 4.97. The van der Waals surface area contributed by atoms with E-state index in [1.54, 1.807) is 10.8 Å². The zero-order valence-electron chi connectivity index (χ0n) is 11.8. The van der Waals surface area contributed by atoms with Crippen LogP contribution in [0.25, 0.3) is 0 Å². The second-order valence-electron chi connectivity index (χ2n) is 4.84. The quantitative estimate of drug-likeness (QED) is 0.686. The predicted molar refractivity (Wildman–Crippen MR) is 77.4 cm³/mol. The van der Waals surface area contributed by atoms with Crippen LogP contribution in [0.3, 0.4) is 0 Å². The van der Waals surface area contributed by atoms with E-state index >= 15 is 0 Å². The van der Waals surface area contributed by atoms with E-state index in [1.165, 1.54) is 29.9 Å². The van der Waals surface area contributed by atoms with E-state index in [1.807, 2.05) is 0 Å². The zero-order valence-corrected chi connectivity index (χ0v) is 11.8. The van der Waals surface area contributed by atoms with Crippen LogP contribution in [0.4, 0.5) is 0 Å². The van der Waals surface area contributed by atoms with Gasteiger partial charge in [-0.25, -0.2) is 4.79 Å². The molecule has 0 amide bonds. The van der Waals surface area contributed by atoms with Gasteiger partial charge in [-0.05, 0) is 19.4 Å². The Hall–Kier alpha value is -1.36. The van der Waals surface area contributed by atoms with Gasteiger partial charge in [0, 0.05) is 25.4 Å². The number of aryl methyl sites for hydroxylation is 1. The molecule has 0 fully saturated rings. The Morgan fingerprint density at radius 1 is 1.05 bits per heavy atom. The van der Waals surface area contributed by atoms with Gasteiger partial charge in [-0.15, -0.1) is 0 Å². The molecule has 1 aromatic heterocycles. The molecule has 108 valence electrons. The summed E-state index contributed by atoms with van der Waals surface area (Å²) in [4.78, 5) is 23.7. The van der Waals surface area contributed by atoms with E-state index in [0.29, 0.717) is 26.1 Å². The standard InChI is InChI=1S/C14H25N3O2/c1-2-3-4-5-6-10-16-12-8-13(18)17(14(16)19)11-7-9-15/h8,12H,2-7,9-11,15H2,1H3.